The number of rotatable bonds is 2. The summed E-state index contributed by atoms with van der Waals surface area (Å²) in [4.78, 5) is 15.5. The van der Waals surface area contributed by atoms with Crippen molar-refractivity contribution in [3.8, 4) is 0 Å². The average molecular weight is 222 g/mol. The normalized spacial score (nSPS) is 20.4. The Labute approximate surface area is 93.8 Å². The Balaban J connectivity index is 2.17. The van der Waals surface area contributed by atoms with Crippen LogP contribution in [0.4, 0.5) is 0 Å². The van der Waals surface area contributed by atoms with Gasteiger partial charge in [0.15, 0.2) is 0 Å². The van der Waals surface area contributed by atoms with Gasteiger partial charge in [-0.2, -0.15) is 0 Å². The number of methoxy groups -OCH3 is 1. The van der Waals surface area contributed by atoms with Crippen LogP contribution in [0, 0.1) is 0 Å². The summed E-state index contributed by atoms with van der Waals surface area (Å²) in [5.74, 6) is -0.354. The van der Waals surface area contributed by atoms with Crippen molar-refractivity contribution in [1.29, 1.82) is 0 Å². The molecule has 2 heterocycles. The lowest BCUT2D eigenvalue weighted by Gasteiger charge is -2.23. The maximum Gasteiger partial charge on any atom is 0.337 e. The molecule has 1 aromatic heterocycles. The second-order valence-electron chi connectivity index (χ2n) is 3.52. The lowest BCUT2D eigenvalue weighted by molar-refractivity contribution is 0.0249. The molecule has 1 fully saturated rings. The van der Waals surface area contributed by atoms with Crippen LogP contribution in [-0.4, -0.2) is 37.8 Å². The third-order valence-electron chi connectivity index (χ3n) is 2.46. The average Bonchev–Trinajstić information content (AvgIpc) is 2.39. The van der Waals surface area contributed by atoms with Gasteiger partial charge >= 0.3 is 5.97 Å². The second kappa shape index (κ2) is 5.05. The van der Waals surface area contributed by atoms with E-state index >= 15 is 0 Å². The lowest BCUT2D eigenvalue weighted by atomic mass is 10.1. The fourth-order valence-electron chi connectivity index (χ4n) is 1.62. The van der Waals surface area contributed by atoms with Crippen LogP contribution >= 0.6 is 0 Å². The van der Waals surface area contributed by atoms with E-state index in [-0.39, 0.29) is 12.1 Å². The summed E-state index contributed by atoms with van der Waals surface area (Å²) in [5, 5.41) is 3.21. The highest BCUT2D eigenvalue weighted by atomic mass is 16.5. The minimum absolute atomic E-state index is 0.0849. The third kappa shape index (κ3) is 2.37. The van der Waals surface area contributed by atoms with E-state index in [0.29, 0.717) is 12.2 Å². The number of carbonyl (C=O) groups is 1. The molecule has 86 valence electrons. The van der Waals surface area contributed by atoms with Gasteiger partial charge in [0.1, 0.15) is 6.10 Å². The molecule has 5 heteroatoms. The predicted octanol–water partition coefficient (Wildman–Crippen LogP) is 0.529. The zero-order valence-electron chi connectivity index (χ0n) is 9.10. The first-order valence-electron chi connectivity index (χ1n) is 5.18. The smallest absolute Gasteiger partial charge is 0.337 e. The van der Waals surface area contributed by atoms with Gasteiger partial charge in [-0.05, 0) is 12.1 Å². The summed E-state index contributed by atoms with van der Waals surface area (Å²) in [7, 11) is 1.36. The number of nitrogens with one attached hydrogen (secondary N) is 1. The van der Waals surface area contributed by atoms with Gasteiger partial charge in [-0.3, -0.25) is 4.98 Å². The Morgan fingerprint density at radius 3 is 3.25 bits per heavy atom. The van der Waals surface area contributed by atoms with E-state index in [0.717, 1.165) is 18.8 Å². The van der Waals surface area contributed by atoms with E-state index in [1.165, 1.54) is 7.11 Å². The van der Waals surface area contributed by atoms with Crippen LogP contribution in [0.2, 0.25) is 0 Å². The zero-order chi connectivity index (χ0) is 11.4. The van der Waals surface area contributed by atoms with Crippen LogP contribution in [-0.2, 0) is 9.47 Å². The number of aromatic nitrogens is 1. The van der Waals surface area contributed by atoms with Crippen molar-refractivity contribution in [2.45, 2.75) is 6.10 Å². The summed E-state index contributed by atoms with van der Waals surface area (Å²) < 4.78 is 10.2. The van der Waals surface area contributed by atoms with Crippen LogP contribution in [0.5, 0.6) is 0 Å². The van der Waals surface area contributed by atoms with Gasteiger partial charge < -0.3 is 14.8 Å². The van der Waals surface area contributed by atoms with E-state index in [2.05, 4.69) is 15.0 Å². The summed E-state index contributed by atoms with van der Waals surface area (Å²) in [6.07, 6.45) is 1.51. The quantitative estimate of drug-likeness (QED) is 0.739. The highest BCUT2D eigenvalue weighted by Crippen LogP contribution is 2.17. The Morgan fingerprint density at radius 2 is 2.56 bits per heavy atom. The number of pyridine rings is 1. The van der Waals surface area contributed by atoms with Crippen molar-refractivity contribution in [2.24, 2.45) is 0 Å². The lowest BCUT2D eigenvalue weighted by Crippen LogP contribution is -2.33. The Morgan fingerprint density at radius 1 is 1.69 bits per heavy atom. The first-order valence-corrected chi connectivity index (χ1v) is 5.18. The first kappa shape index (κ1) is 11.0. The number of hydrogen-bond acceptors (Lipinski definition) is 5. The molecule has 1 N–H and O–H groups in total. The molecular formula is C11H14N2O3. The molecule has 2 rings (SSSR count). The molecule has 1 aliphatic heterocycles. The number of morpholine rings is 1. The number of nitrogens with zero attached hydrogens (tertiary/aromatic N) is 1. The van der Waals surface area contributed by atoms with Gasteiger partial charge in [0.25, 0.3) is 0 Å². The first-order chi connectivity index (χ1) is 7.81. The molecule has 16 heavy (non-hydrogen) atoms. The monoisotopic (exact) mass is 222 g/mol. The fourth-order valence-corrected chi connectivity index (χ4v) is 1.62. The molecule has 0 bridgehead atoms. The van der Waals surface area contributed by atoms with Crippen LogP contribution in [0.1, 0.15) is 22.2 Å². The summed E-state index contributed by atoms with van der Waals surface area (Å²) in [6, 6.07) is 3.34. The van der Waals surface area contributed by atoms with Crippen LogP contribution in [0.15, 0.2) is 18.3 Å². The molecule has 1 aliphatic rings. The molecular weight excluding hydrogens is 208 g/mol. The summed E-state index contributed by atoms with van der Waals surface area (Å²) in [6.45, 7) is 2.24. The standard InChI is InChI=1S/C11H14N2O3/c1-15-11(14)8-2-3-13-9(6-8)10-7-12-4-5-16-10/h2-3,6,10,12H,4-5,7H2,1H3. The van der Waals surface area contributed by atoms with Gasteiger partial charge in [0.2, 0.25) is 0 Å². The van der Waals surface area contributed by atoms with Gasteiger partial charge in [-0.1, -0.05) is 0 Å². The van der Waals surface area contributed by atoms with E-state index in [4.69, 9.17) is 4.74 Å². The van der Waals surface area contributed by atoms with Crippen molar-refractivity contribution >= 4 is 5.97 Å². The van der Waals surface area contributed by atoms with Gasteiger partial charge in [0.05, 0.1) is 25.0 Å². The molecule has 1 unspecified atom stereocenters. The summed E-state index contributed by atoms with van der Waals surface area (Å²) in [5.41, 5.74) is 1.26. The molecule has 0 aromatic carbocycles. The molecule has 0 amide bonds. The van der Waals surface area contributed by atoms with E-state index in [1.807, 2.05) is 0 Å². The number of ether oxygens (including phenoxy) is 2. The van der Waals surface area contributed by atoms with E-state index in [9.17, 15) is 4.79 Å². The Hall–Kier alpha value is -1.46. The van der Waals surface area contributed by atoms with Crippen molar-refractivity contribution in [3.63, 3.8) is 0 Å². The number of esters is 1. The molecule has 1 atom stereocenters. The van der Waals surface area contributed by atoms with Crippen molar-refractivity contribution in [3.05, 3.63) is 29.6 Å². The van der Waals surface area contributed by atoms with Gasteiger partial charge in [-0.25, -0.2) is 4.79 Å². The van der Waals surface area contributed by atoms with Crippen molar-refractivity contribution in [2.75, 3.05) is 26.8 Å². The molecule has 1 saturated heterocycles. The minimum atomic E-state index is -0.354. The SMILES string of the molecule is COC(=O)c1ccnc(C2CNCCO2)c1. The topological polar surface area (TPSA) is 60.5 Å². The number of hydrogen-bond donors (Lipinski definition) is 1. The molecule has 0 radical (unpaired) electrons. The molecule has 0 spiro atoms. The third-order valence-corrected chi connectivity index (χ3v) is 2.46. The maximum atomic E-state index is 11.3. The molecule has 0 saturated carbocycles. The summed E-state index contributed by atoms with van der Waals surface area (Å²) >= 11 is 0. The van der Waals surface area contributed by atoms with Crippen LogP contribution < -0.4 is 5.32 Å². The van der Waals surface area contributed by atoms with E-state index < -0.39 is 0 Å². The predicted molar refractivity (Wildman–Crippen MR) is 57.1 cm³/mol. The van der Waals surface area contributed by atoms with Crippen molar-refractivity contribution < 1.29 is 14.3 Å². The van der Waals surface area contributed by atoms with Crippen LogP contribution in [0.25, 0.3) is 0 Å². The maximum absolute atomic E-state index is 11.3. The minimum Gasteiger partial charge on any atom is -0.465 e. The van der Waals surface area contributed by atoms with Gasteiger partial charge in [0, 0.05) is 19.3 Å². The second-order valence-corrected chi connectivity index (χ2v) is 3.52. The van der Waals surface area contributed by atoms with E-state index in [1.54, 1.807) is 18.3 Å². The zero-order valence-corrected chi connectivity index (χ0v) is 9.10. The number of carbonyl (C=O) groups excluding carboxylic acids is 1. The van der Waals surface area contributed by atoms with Gasteiger partial charge in [-0.15, -0.1) is 0 Å². The Kier molecular flexibility index (Phi) is 3.48. The highest BCUT2D eigenvalue weighted by Gasteiger charge is 2.18. The highest BCUT2D eigenvalue weighted by molar-refractivity contribution is 5.89. The van der Waals surface area contributed by atoms with Crippen LogP contribution in [0.3, 0.4) is 0 Å². The fraction of sp³-hybridized carbons (Fsp3) is 0.455. The molecule has 5 nitrogen and oxygen atoms in total. The molecule has 0 aliphatic carbocycles. The van der Waals surface area contributed by atoms with Crippen molar-refractivity contribution in [1.82, 2.24) is 10.3 Å². The largest absolute Gasteiger partial charge is 0.465 e. The molecule has 1 aromatic rings. The Bertz CT molecular complexity index is 375.